The maximum atomic E-state index is 3.40. The van der Waals surface area contributed by atoms with Crippen molar-refractivity contribution in [2.24, 2.45) is 0 Å². The average molecular weight is 180 g/mol. The first-order valence-corrected chi connectivity index (χ1v) is 4.99. The molecule has 74 valence electrons. The summed E-state index contributed by atoms with van der Waals surface area (Å²) in [4.78, 5) is 2.35. The van der Waals surface area contributed by atoms with E-state index < -0.39 is 0 Å². The number of nitrogens with zero attached hydrogens (tertiary/aromatic N) is 1. The molecule has 0 unspecified atom stereocenters. The summed E-state index contributed by atoms with van der Waals surface area (Å²) in [6.07, 6.45) is 4.03. The Bertz CT molecular complexity index is 206. The van der Waals surface area contributed by atoms with Crippen LogP contribution in [-0.4, -0.2) is 37.6 Å². The molecule has 1 rings (SSSR count). The van der Waals surface area contributed by atoms with Crippen molar-refractivity contribution in [3.05, 3.63) is 0 Å². The quantitative estimate of drug-likeness (QED) is 0.514. The summed E-state index contributed by atoms with van der Waals surface area (Å²) in [5.41, 5.74) is 0.426. The van der Waals surface area contributed by atoms with Crippen LogP contribution in [0.5, 0.6) is 0 Å². The van der Waals surface area contributed by atoms with Crippen LogP contribution in [0.1, 0.15) is 26.2 Å². The second-order valence-electron chi connectivity index (χ2n) is 4.00. The summed E-state index contributed by atoms with van der Waals surface area (Å²) in [5.74, 6) is 5.92. The molecule has 0 bridgehead atoms. The predicted molar refractivity (Wildman–Crippen MR) is 56.6 cm³/mol. The molecule has 0 saturated heterocycles. The van der Waals surface area contributed by atoms with Gasteiger partial charge in [0.1, 0.15) is 0 Å². The summed E-state index contributed by atoms with van der Waals surface area (Å²) in [6, 6.07) is 0. The average Bonchev–Trinajstić information content (AvgIpc) is 2.01. The van der Waals surface area contributed by atoms with E-state index in [0.29, 0.717) is 5.54 Å². The van der Waals surface area contributed by atoms with E-state index >= 15 is 0 Å². The second-order valence-corrected chi connectivity index (χ2v) is 4.00. The minimum Gasteiger partial charge on any atom is -0.304 e. The maximum Gasteiger partial charge on any atom is 0.0577 e. The summed E-state index contributed by atoms with van der Waals surface area (Å²) < 4.78 is 0. The largest absolute Gasteiger partial charge is 0.304 e. The third-order valence-corrected chi connectivity index (χ3v) is 3.08. The summed E-state index contributed by atoms with van der Waals surface area (Å²) in [5, 5.41) is 3.40. The highest BCUT2D eigenvalue weighted by molar-refractivity contribution is 5.01. The third kappa shape index (κ3) is 2.46. The monoisotopic (exact) mass is 180 g/mol. The van der Waals surface area contributed by atoms with Crippen LogP contribution in [0.4, 0.5) is 0 Å². The summed E-state index contributed by atoms with van der Waals surface area (Å²) >= 11 is 0. The first-order valence-electron chi connectivity index (χ1n) is 4.99. The molecule has 13 heavy (non-hydrogen) atoms. The fourth-order valence-electron chi connectivity index (χ4n) is 1.81. The van der Waals surface area contributed by atoms with Crippen LogP contribution in [0, 0.1) is 11.8 Å². The van der Waals surface area contributed by atoms with Gasteiger partial charge in [-0.25, -0.2) is 0 Å². The van der Waals surface area contributed by atoms with Gasteiger partial charge < -0.3 is 10.2 Å². The SMILES string of the molecule is CC#CCNCC1(N(C)C)CCC1. The summed E-state index contributed by atoms with van der Waals surface area (Å²) in [7, 11) is 4.35. The van der Waals surface area contributed by atoms with E-state index in [1.54, 1.807) is 0 Å². The Hall–Kier alpha value is -0.520. The molecular weight excluding hydrogens is 160 g/mol. The Morgan fingerprint density at radius 1 is 1.38 bits per heavy atom. The Balaban J connectivity index is 2.27. The van der Waals surface area contributed by atoms with Crippen molar-refractivity contribution in [2.45, 2.75) is 31.7 Å². The van der Waals surface area contributed by atoms with Gasteiger partial charge in [0.05, 0.1) is 6.54 Å². The van der Waals surface area contributed by atoms with E-state index in [9.17, 15) is 0 Å². The van der Waals surface area contributed by atoms with Crippen LogP contribution >= 0.6 is 0 Å². The highest BCUT2D eigenvalue weighted by Gasteiger charge is 2.38. The van der Waals surface area contributed by atoms with Gasteiger partial charge in [0.2, 0.25) is 0 Å². The van der Waals surface area contributed by atoms with Crippen LogP contribution in [0.3, 0.4) is 0 Å². The zero-order chi connectivity index (χ0) is 9.73. The van der Waals surface area contributed by atoms with Crippen LogP contribution in [0.25, 0.3) is 0 Å². The van der Waals surface area contributed by atoms with Crippen LogP contribution in [0.15, 0.2) is 0 Å². The van der Waals surface area contributed by atoms with Crippen LogP contribution < -0.4 is 5.32 Å². The molecule has 1 fully saturated rings. The van der Waals surface area contributed by atoms with Crippen molar-refractivity contribution in [1.82, 2.24) is 10.2 Å². The molecule has 2 nitrogen and oxygen atoms in total. The third-order valence-electron chi connectivity index (χ3n) is 3.08. The second kappa shape index (κ2) is 4.64. The molecule has 1 saturated carbocycles. The number of nitrogens with one attached hydrogen (secondary N) is 1. The fraction of sp³-hybridized carbons (Fsp3) is 0.818. The molecule has 2 heteroatoms. The molecule has 0 radical (unpaired) electrons. The molecule has 0 heterocycles. The number of hydrogen-bond donors (Lipinski definition) is 1. The predicted octanol–water partition coefficient (Wildman–Crippen LogP) is 1.08. The molecular formula is C11H20N2. The van der Waals surface area contributed by atoms with Crippen molar-refractivity contribution < 1.29 is 0 Å². The van der Waals surface area contributed by atoms with Gasteiger partial charge in [-0.15, -0.1) is 5.92 Å². The lowest BCUT2D eigenvalue weighted by Gasteiger charge is -2.47. The molecule has 0 atom stereocenters. The number of rotatable bonds is 4. The van der Waals surface area contributed by atoms with Crippen LogP contribution in [0.2, 0.25) is 0 Å². The smallest absolute Gasteiger partial charge is 0.0577 e. The molecule has 0 aliphatic heterocycles. The van der Waals surface area contributed by atoms with Crippen LogP contribution in [-0.2, 0) is 0 Å². The molecule has 0 aromatic rings. The first kappa shape index (κ1) is 10.6. The van der Waals surface area contributed by atoms with E-state index in [1.807, 2.05) is 6.92 Å². The molecule has 0 aromatic heterocycles. The normalized spacial score (nSPS) is 19.1. The van der Waals surface area contributed by atoms with Gasteiger partial charge in [-0.1, -0.05) is 5.92 Å². The first-order chi connectivity index (χ1) is 6.21. The van der Waals surface area contributed by atoms with Crippen molar-refractivity contribution in [3.8, 4) is 11.8 Å². The highest BCUT2D eigenvalue weighted by atomic mass is 15.2. The van der Waals surface area contributed by atoms with E-state index in [0.717, 1.165) is 13.1 Å². The topological polar surface area (TPSA) is 15.3 Å². The Morgan fingerprint density at radius 2 is 2.08 bits per heavy atom. The molecule has 1 aliphatic rings. The lowest BCUT2D eigenvalue weighted by Crippen LogP contribution is -2.56. The fourth-order valence-corrected chi connectivity index (χ4v) is 1.81. The van der Waals surface area contributed by atoms with Gasteiger partial charge in [-0.3, -0.25) is 0 Å². The van der Waals surface area contributed by atoms with E-state index in [4.69, 9.17) is 0 Å². The molecule has 1 aliphatic carbocycles. The zero-order valence-electron chi connectivity index (χ0n) is 8.98. The van der Waals surface area contributed by atoms with Gasteiger partial charge in [0, 0.05) is 12.1 Å². The van der Waals surface area contributed by atoms with Crippen molar-refractivity contribution in [2.75, 3.05) is 27.2 Å². The molecule has 0 spiro atoms. The van der Waals surface area contributed by atoms with Crippen molar-refractivity contribution in [3.63, 3.8) is 0 Å². The Labute approximate surface area is 81.7 Å². The van der Waals surface area contributed by atoms with E-state index in [-0.39, 0.29) is 0 Å². The summed E-state index contributed by atoms with van der Waals surface area (Å²) in [6.45, 7) is 3.79. The van der Waals surface area contributed by atoms with E-state index in [1.165, 1.54) is 19.3 Å². The van der Waals surface area contributed by atoms with Gasteiger partial charge >= 0.3 is 0 Å². The Kier molecular flexibility index (Phi) is 3.77. The standard InChI is InChI=1S/C11H20N2/c1-4-5-9-12-10-11(13(2)3)7-6-8-11/h12H,6-10H2,1-3H3. The lowest BCUT2D eigenvalue weighted by atomic mass is 9.75. The van der Waals surface area contributed by atoms with Gasteiger partial charge in [-0.2, -0.15) is 0 Å². The van der Waals surface area contributed by atoms with Gasteiger partial charge in [-0.05, 0) is 40.3 Å². The molecule has 0 aromatic carbocycles. The molecule has 1 N–H and O–H groups in total. The van der Waals surface area contributed by atoms with Gasteiger partial charge in [0.25, 0.3) is 0 Å². The maximum absolute atomic E-state index is 3.40. The van der Waals surface area contributed by atoms with Gasteiger partial charge in [0.15, 0.2) is 0 Å². The number of hydrogen-bond acceptors (Lipinski definition) is 2. The van der Waals surface area contributed by atoms with Crippen molar-refractivity contribution in [1.29, 1.82) is 0 Å². The van der Waals surface area contributed by atoms with E-state index in [2.05, 4.69) is 36.2 Å². The minimum absolute atomic E-state index is 0.426. The van der Waals surface area contributed by atoms with Crippen molar-refractivity contribution >= 4 is 0 Å². The lowest BCUT2D eigenvalue weighted by molar-refractivity contribution is 0.0613. The zero-order valence-corrected chi connectivity index (χ0v) is 8.98. The Morgan fingerprint density at radius 3 is 2.46 bits per heavy atom. The molecule has 0 amide bonds. The minimum atomic E-state index is 0.426. The highest BCUT2D eigenvalue weighted by Crippen LogP contribution is 2.35. The number of likely N-dealkylation sites (N-methyl/N-ethyl adjacent to an activating group) is 1.